The zero-order valence-electron chi connectivity index (χ0n) is 15.8. The van der Waals surface area contributed by atoms with E-state index >= 15 is 0 Å². The van der Waals surface area contributed by atoms with Crippen molar-refractivity contribution in [3.63, 3.8) is 0 Å². The molecule has 0 aliphatic carbocycles. The predicted molar refractivity (Wildman–Crippen MR) is 108 cm³/mol. The van der Waals surface area contributed by atoms with E-state index in [4.69, 9.17) is 21.1 Å². The minimum atomic E-state index is -0.925. The van der Waals surface area contributed by atoms with Gasteiger partial charge in [0.05, 0.1) is 30.1 Å². The molecule has 0 bridgehead atoms. The number of carbonyl (C=O) groups is 3. The van der Waals surface area contributed by atoms with Crippen molar-refractivity contribution in [1.82, 2.24) is 0 Å². The molecule has 1 fully saturated rings. The Morgan fingerprint density at radius 2 is 1.97 bits per heavy atom. The molecule has 0 spiro atoms. The van der Waals surface area contributed by atoms with E-state index in [1.807, 2.05) is 0 Å². The van der Waals surface area contributed by atoms with Crippen molar-refractivity contribution in [3.05, 3.63) is 53.1 Å². The van der Waals surface area contributed by atoms with E-state index < -0.39 is 12.1 Å². The third-order valence-electron chi connectivity index (χ3n) is 5.04. The molecule has 2 heterocycles. The monoisotopic (exact) mass is 414 g/mol. The van der Waals surface area contributed by atoms with Gasteiger partial charge in [-0.2, -0.15) is 0 Å². The lowest BCUT2D eigenvalue weighted by Gasteiger charge is -2.33. The van der Waals surface area contributed by atoms with Crippen LogP contribution in [0, 0.1) is 0 Å². The van der Waals surface area contributed by atoms with Crippen LogP contribution in [-0.2, 0) is 14.3 Å². The zero-order valence-corrected chi connectivity index (χ0v) is 16.5. The van der Waals surface area contributed by atoms with Crippen molar-refractivity contribution in [2.24, 2.45) is 0 Å². The summed E-state index contributed by atoms with van der Waals surface area (Å²) in [6, 6.07) is 11.8. The number of rotatable bonds is 3. The van der Waals surface area contributed by atoms with Gasteiger partial charge in [-0.1, -0.05) is 23.7 Å². The van der Waals surface area contributed by atoms with E-state index in [-0.39, 0.29) is 18.4 Å². The highest BCUT2D eigenvalue weighted by Crippen LogP contribution is 2.36. The van der Waals surface area contributed by atoms with Crippen LogP contribution in [0.25, 0.3) is 0 Å². The van der Waals surface area contributed by atoms with Gasteiger partial charge in [0.1, 0.15) is 5.75 Å². The predicted octanol–water partition coefficient (Wildman–Crippen LogP) is 3.05. The van der Waals surface area contributed by atoms with Gasteiger partial charge in [0, 0.05) is 18.5 Å². The molecule has 0 radical (unpaired) electrons. The number of nitrogens with zero attached hydrogens (tertiary/aromatic N) is 2. The molecule has 0 N–H and O–H groups in total. The molecular formula is C21H19ClN2O5. The summed E-state index contributed by atoms with van der Waals surface area (Å²) in [5, 5.41) is 0.409. The van der Waals surface area contributed by atoms with E-state index in [1.165, 1.54) is 12.0 Å². The Hall–Kier alpha value is -3.06. The van der Waals surface area contributed by atoms with E-state index in [0.717, 1.165) is 6.42 Å². The number of esters is 1. The topological polar surface area (TPSA) is 76.2 Å². The van der Waals surface area contributed by atoms with E-state index in [0.29, 0.717) is 40.7 Å². The summed E-state index contributed by atoms with van der Waals surface area (Å²) in [7, 11) is 1.27. The maximum atomic E-state index is 13.4. The summed E-state index contributed by atoms with van der Waals surface area (Å²) in [6.07, 6.45) is 0.294. The van der Waals surface area contributed by atoms with E-state index in [1.54, 1.807) is 47.4 Å². The molecule has 2 aromatic carbocycles. The highest BCUT2D eigenvalue weighted by molar-refractivity contribution is 6.34. The first-order valence-corrected chi connectivity index (χ1v) is 9.62. The molecule has 150 valence electrons. The first-order valence-electron chi connectivity index (χ1n) is 9.25. The SMILES string of the molecule is COC(=O)[C@@H]1CN(C(=O)c2ccc(Cl)c(N3CCCC3=O)c2)c2ccccc2O1. The number of anilines is 2. The summed E-state index contributed by atoms with van der Waals surface area (Å²) in [6.45, 7) is 0.587. The second-order valence-corrected chi connectivity index (χ2v) is 7.24. The molecule has 29 heavy (non-hydrogen) atoms. The summed E-state index contributed by atoms with van der Waals surface area (Å²) >= 11 is 6.30. The second kappa shape index (κ2) is 7.75. The van der Waals surface area contributed by atoms with Crippen molar-refractivity contribution in [2.75, 3.05) is 30.0 Å². The van der Waals surface area contributed by atoms with Crippen LogP contribution in [-0.4, -0.2) is 44.1 Å². The average molecular weight is 415 g/mol. The van der Waals surface area contributed by atoms with Crippen molar-refractivity contribution in [1.29, 1.82) is 0 Å². The van der Waals surface area contributed by atoms with Crippen LogP contribution < -0.4 is 14.5 Å². The first-order chi connectivity index (χ1) is 14.0. The standard InChI is InChI=1S/C21H19ClN2O5/c1-28-21(27)18-12-24(15-5-2-3-6-17(15)29-18)20(26)13-8-9-14(22)16(11-13)23-10-4-7-19(23)25/h2-3,5-6,8-9,11,18H,4,7,10,12H2,1H3/t18-/m0/s1. The van der Waals surface area contributed by atoms with Crippen LogP contribution >= 0.6 is 11.6 Å². The molecule has 1 atom stereocenters. The van der Waals surface area contributed by atoms with Gasteiger partial charge in [0.25, 0.3) is 5.91 Å². The first kappa shape index (κ1) is 19.3. The number of benzene rings is 2. The van der Waals surface area contributed by atoms with Gasteiger partial charge in [-0.25, -0.2) is 4.79 Å². The molecule has 0 aromatic heterocycles. The summed E-state index contributed by atoms with van der Waals surface area (Å²) in [5.41, 5.74) is 1.45. The number of carbonyl (C=O) groups excluding carboxylic acids is 3. The number of fused-ring (bicyclic) bond motifs is 1. The average Bonchev–Trinajstić information content (AvgIpc) is 3.17. The summed E-state index contributed by atoms with van der Waals surface area (Å²) in [4.78, 5) is 40.6. The Balaban J connectivity index is 1.70. The van der Waals surface area contributed by atoms with Crippen molar-refractivity contribution in [2.45, 2.75) is 18.9 Å². The lowest BCUT2D eigenvalue weighted by molar-refractivity contribution is -0.148. The number of methoxy groups -OCH3 is 1. The normalized spacial score (nSPS) is 18.3. The Labute approximate surface area is 172 Å². The smallest absolute Gasteiger partial charge is 0.348 e. The van der Waals surface area contributed by atoms with E-state index in [9.17, 15) is 14.4 Å². The van der Waals surface area contributed by atoms with Crippen LogP contribution in [0.5, 0.6) is 5.75 Å². The number of hydrogen-bond donors (Lipinski definition) is 0. The van der Waals surface area contributed by atoms with Crippen LogP contribution in [0.4, 0.5) is 11.4 Å². The molecule has 2 amide bonds. The molecule has 7 nitrogen and oxygen atoms in total. The quantitative estimate of drug-likeness (QED) is 0.721. The van der Waals surface area contributed by atoms with Gasteiger partial charge in [0.15, 0.2) is 0 Å². The highest BCUT2D eigenvalue weighted by atomic mass is 35.5. The number of hydrogen-bond acceptors (Lipinski definition) is 5. The third-order valence-corrected chi connectivity index (χ3v) is 5.36. The van der Waals surface area contributed by atoms with Crippen molar-refractivity contribution < 1.29 is 23.9 Å². The zero-order chi connectivity index (χ0) is 20.5. The summed E-state index contributed by atoms with van der Waals surface area (Å²) in [5.74, 6) is -0.471. The fourth-order valence-electron chi connectivity index (χ4n) is 3.59. The van der Waals surface area contributed by atoms with E-state index in [2.05, 4.69) is 0 Å². The van der Waals surface area contributed by atoms with Crippen LogP contribution in [0.3, 0.4) is 0 Å². The number of halogens is 1. The van der Waals surface area contributed by atoms with Gasteiger partial charge >= 0.3 is 5.97 Å². The molecule has 2 aliphatic heterocycles. The van der Waals surface area contributed by atoms with Crippen LogP contribution in [0.2, 0.25) is 5.02 Å². The minimum absolute atomic E-state index is 0.0148. The third kappa shape index (κ3) is 3.53. The molecule has 1 saturated heterocycles. The Bertz CT molecular complexity index is 993. The largest absolute Gasteiger partial charge is 0.475 e. The fraction of sp³-hybridized carbons (Fsp3) is 0.286. The maximum Gasteiger partial charge on any atom is 0.348 e. The fourth-order valence-corrected chi connectivity index (χ4v) is 3.81. The summed E-state index contributed by atoms with van der Waals surface area (Å²) < 4.78 is 10.5. The van der Waals surface area contributed by atoms with Crippen LogP contribution in [0.15, 0.2) is 42.5 Å². The molecule has 0 saturated carbocycles. The highest BCUT2D eigenvalue weighted by Gasteiger charge is 2.35. The maximum absolute atomic E-state index is 13.4. The van der Waals surface area contributed by atoms with Crippen LogP contribution in [0.1, 0.15) is 23.2 Å². The van der Waals surface area contributed by atoms with Gasteiger partial charge in [-0.3, -0.25) is 9.59 Å². The van der Waals surface area contributed by atoms with Gasteiger partial charge in [0.2, 0.25) is 12.0 Å². The van der Waals surface area contributed by atoms with Gasteiger partial charge < -0.3 is 19.3 Å². The number of amides is 2. The van der Waals surface area contributed by atoms with Gasteiger partial charge in [-0.05, 0) is 36.8 Å². The lowest BCUT2D eigenvalue weighted by atomic mass is 10.1. The molecular weight excluding hydrogens is 396 g/mol. The molecule has 4 rings (SSSR count). The van der Waals surface area contributed by atoms with Crippen molar-refractivity contribution >= 4 is 40.8 Å². The Morgan fingerprint density at radius 1 is 1.17 bits per heavy atom. The Morgan fingerprint density at radius 3 is 2.69 bits per heavy atom. The number of ether oxygens (including phenoxy) is 2. The minimum Gasteiger partial charge on any atom is -0.475 e. The number of para-hydroxylation sites is 2. The van der Waals surface area contributed by atoms with Gasteiger partial charge in [-0.15, -0.1) is 0 Å². The molecule has 0 unspecified atom stereocenters. The molecule has 2 aromatic rings. The Kier molecular flexibility index (Phi) is 5.15. The lowest BCUT2D eigenvalue weighted by Crippen LogP contribution is -2.47. The molecule has 2 aliphatic rings. The molecule has 8 heteroatoms. The van der Waals surface area contributed by atoms with Crippen molar-refractivity contribution in [3.8, 4) is 5.75 Å². The second-order valence-electron chi connectivity index (χ2n) is 6.83.